The molecule has 1 aromatic rings. The van der Waals surface area contributed by atoms with Gasteiger partial charge < -0.3 is 15.0 Å². The second kappa shape index (κ2) is 6.93. The number of aromatic amines is 1. The van der Waals surface area contributed by atoms with E-state index in [0.29, 0.717) is 13.0 Å². The molecule has 0 saturated carbocycles. The van der Waals surface area contributed by atoms with Gasteiger partial charge in [0.15, 0.2) is 0 Å². The fourth-order valence-corrected chi connectivity index (χ4v) is 1.55. The van der Waals surface area contributed by atoms with E-state index in [1.165, 1.54) is 6.07 Å². The number of ether oxygens (including phenoxy) is 1. The van der Waals surface area contributed by atoms with Crippen molar-refractivity contribution in [1.29, 1.82) is 0 Å². The van der Waals surface area contributed by atoms with Gasteiger partial charge >= 0.3 is 6.09 Å². The van der Waals surface area contributed by atoms with E-state index in [0.717, 1.165) is 11.3 Å². The quantitative estimate of drug-likeness (QED) is 0.832. The van der Waals surface area contributed by atoms with Gasteiger partial charge in [-0.25, -0.2) is 4.79 Å². The molecule has 0 saturated heterocycles. The zero-order valence-corrected chi connectivity index (χ0v) is 12.4. The van der Waals surface area contributed by atoms with Gasteiger partial charge in [0.2, 0.25) is 5.56 Å². The van der Waals surface area contributed by atoms with Crippen LogP contribution in [0.25, 0.3) is 6.08 Å². The Kier molecular flexibility index (Phi) is 5.55. The van der Waals surface area contributed by atoms with Crippen molar-refractivity contribution < 1.29 is 9.53 Å². The van der Waals surface area contributed by atoms with Gasteiger partial charge in [0, 0.05) is 18.3 Å². The summed E-state index contributed by atoms with van der Waals surface area (Å²) in [4.78, 5) is 25.2. The Morgan fingerprint density at radius 1 is 1.40 bits per heavy atom. The number of nitrogens with one attached hydrogen (secondary N) is 2. The predicted octanol–water partition coefficient (Wildman–Crippen LogP) is 2.61. The van der Waals surface area contributed by atoms with Crippen LogP contribution >= 0.6 is 0 Å². The van der Waals surface area contributed by atoms with E-state index in [1.807, 2.05) is 39.8 Å². The molecule has 0 spiro atoms. The Morgan fingerprint density at radius 2 is 2.10 bits per heavy atom. The average molecular weight is 278 g/mol. The predicted molar refractivity (Wildman–Crippen MR) is 79.7 cm³/mol. The van der Waals surface area contributed by atoms with Crippen LogP contribution in [-0.2, 0) is 4.74 Å². The molecule has 0 fully saturated rings. The number of pyridine rings is 1. The molecule has 0 aromatic carbocycles. The zero-order valence-electron chi connectivity index (χ0n) is 12.4. The largest absolute Gasteiger partial charge is 0.444 e. The van der Waals surface area contributed by atoms with E-state index in [2.05, 4.69) is 10.3 Å². The highest BCUT2D eigenvalue weighted by Gasteiger charge is 2.15. The van der Waals surface area contributed by atoms with Gasteiger partial charge in [-0.15, -0.1) is 0 Å². The number of amides is 1. The molecule has 5 nitrogen and oxygen atoms in total. The minimum Gasteiger partial charge on any atom is -0.444 e. The number of hydrogen-bond acceptors (Lipinski definition) is 3. The third-order valence-electron chi connectivity index (χ3n) is 2.43. The summed E-state index contributed by atoms with van der Waals surface area (Å²) in [7, 11) is 0. The number of carbonyl (C=O) groups excluding carboxylic acids is 1. The minimum atomic E-state index is -0.479. The fourth-order valence-electron chi connectivity index (χ4n) is 1.55. The minimum absolute atomic E-state index is 0.105. The number of alkyl carbamates (subject to hydrolysis) is 1. The standard InChI is InChI=1S/C15H22N2O3/c1-11-12(8-9-13(18)17-11)7-5-6-10-16-14(19)20-15(2,3)4/h5,7-9H,6,10H2,1-4H3,(H,16,19)(H,17,18). The third-order valence-corrected chi connectivity index (χ3v) is 2.43. The number of H-pyrrole nitrogens is 1. The van der Waals surface area contributed by atoms with Gasteiger partial charge in [0.05, 0.1) is 0 Å². The maximum atomic E-state index is 11.4. The Bertz CT molecular complexity index is 539. The van der Waals surface area contributed by atoms with Crippen LogP contribution in [0.2, 0.25) is 0 Å². The molecule has 0 aliphatic rings. The first kappa shape index (κ1) is 16.0. The Balaban J connectivity index is 2.36. The van der Waals surface area contributed by atoms with Crippen LogP contribution in [0.1, 0.15) is 38.4 Å². The SMILES string of the molecule is Cc1[nH]c(=O)ccc1C=CCCNC(=O)OC(C)(C)C. The lowest BCUT2D eigenvalue weighted by Gasteiger charge is -2.19. The molecule has 0 aliphatic heterocycles. The number of hydrogen-bond donors (Lipinski definition) is 2. The summed E-state index contributed by atoms with van der Waals surface area (Å²) in [5.41, 5.74) is 1.20. The summed E-state index contributed by atoms with van der Waals surface area (Å²) >= 11 is 0. The summed E-state index contributed by atoms with van der Waals surface area (Å²) in [5.74, 6) is 0. The van der Waals surface area contributed by atoms with Gasteiger partial charge in [-0.1, -0.05) is 12.2 Å². The van der Waals surface area contributed by atoms with Crippen molar-refractivity contribution in [3.8, 4) is 0 Å². The summed E-state index contributed by atoms with van der Waals surface area (Å²) in [6.07, 6.45) is 4.14. The average Bonchev–Trinajstić information content (AvgIpc) is 2.28. The molecule has 0 atom stereocenters. The molecule has 1 heterocycles. The van der Waals surface area contributed by atoms with Crippen molar-refractivity contribution >= 4 is 12.2 Å². The maximum Gasteiger partial charge on any atom is 0.407 e. The van der Waals surface area contributed by atoms with E-state index in [-0.39, 0.29) is 5.56 Å². The second-order valence-corrected chi connectivity index (χ2v) is 5.52. The maximum absolute atomic E-state index is 11.4. The van der Waals surface area contributed by atoms with Crippen LogP contribution in [0.5, 0.6) is 0 Å². The van der Waals surface area contributed by atoms with Gasteiger partial charge in [0.25, 0.3) is 0 Å². The number of aryl methyl sites for hydroxylation is 1. The van der Waals surface area contributed by atoms with Gasteiger partial charge in [-0.3, -0.25) is 4.79 Å². The summed E-state index contributed by atoms with van der Waals surface area (Å²) in [5, 5.41) is 2.68. The van der Waals surface area contributed by atoms with Gasteiger partial charge in [-0.2, -0.15) is 0 Å². The fraction of sp³-hybridized carbons (Fsp3) is 0.467. The second-order valence-electron chi connectivity index (χ2n) is 5.52. The molecule has 0 bridgehead atoms. The van der Waals surface area contributed by atoms with Crippen LogP contribution in [-0.4, -0.2) is 23.2 Å². The topological polar surface area (TPSA) is 71.2 Å². The van der Waals surface area contributed by atoms with Crippen LogP contribution in [0, 0.1) is 6.92 Å². The van der Waals surface area contributed by atoms with E-state index >= 15 is 0 Å². The van der Waals surface area contributed by atoms with E-state index in [4.69, 9.17) is 4.74 Å². The molecular formula is C15H22N2O3. The Morgan fingerprint density at radius 3 is 2.70 bits per heavy atom. The lowest BCUT2D eigenvalue weighted by Crippen LogP contribution is -2.32. The molecule has 1 rings (SSSR count). The molecule has 0 aliphatic carbocycles. The molecule has 110 valence electrons. The van der Waals surface area contributed by atoms with Crippen LogP contribution in [0.3, 0.4) is 0 Å². The number of rotatable bonds is 4. The van der Waals surface area contributed by atoms with Crippen molar-refractivity contribution in [1.82, 2.24) is 10.3 Å². The highest BCUT2D eigenvalue weighted by molar-refractivity contribution is 5.67. The first-order valence-electron chi connectivity index (χ1n) is 6.61. The number of carbonyl (C=O) groups is 1. The van der Waals surface area contributed by atoms with Gasteiger partial charge in [0.1, 0.15) is 5.60 Å². The number of aromatic nitrogens is 1. The lowest BCUT2D eigenvalue weighted by atomic mass is 10.2. The zero-order chi connectivity index (χ0) is 15.2. The normalized spacial score (nSPS) is 11.6. The van der Waals surface area contributed by atoms with Crippen LogP contribution in [0.15, 0.2) is 23.0 Å². The molecule has 1 amide bonds. The van der Waals surface area contributed by atoms with Crippen molar-refractivity contribution in [3.63, 3.8) is 0 Å². The van der Waals surface area contributed by atoms with Crippen molar-refractivity contribution in [2.45, 2.75) is 39.7 Å². The molecule has 5 heteroatoms. The van der Waals surface area contributed by atoms with E-state index in [9.17, 15) is 9.59 Å². The van der Waals surface area contributed by atoms with E-state index < -0.39 is 11.7 Å². The summed E-state index contributed by atoms with van der Waals surface area (Å²) < 4.78 is 5.12. The highest BCUT2D eigenvalue weighted by Crippen LogP contribution is 2.07. The first-order valence-corrected chi connectivity index (χ1v) is 6.61. The van der Waals surface area contributed by atoms with E-state index in [1.54, 1.807) is 6.07 Å². The summed E-state index contributed by atoms with van der Waals surface area (Å²) in [6.45, 7) is 7.83. The first-order chi connectivity index (χ1) is 9.28. The van der Waals surface area contributed by atoms with Crippen LogP contribution in [0.4, 0.5) is 4.79 Å². The third kappa shape index (κ3) is 6.22. The monoisotopic (exact) mass is 278 g/mol. The molecule has 1 aromatic heterocycles. The molecular weight excluding hydrogens is 256 g/mol. The molecule has 20 heavy (non-hydrogen) atoms. The smallest absolute Gasteiger partial charge is 0.407 e. The molecule has 2 N–H and O–H groups in total. The Hall–Kier alpha value is -2.04. The van der Waals surface area contributed by atoms with Crippen molar-refractivity contribution in [2.24, 2.45) is 0 Å². The van der Waals surface area contributed by atoms with Gasteiger partial charge in [-0.05, 0) is 45.7 Å². The Labute approximate surface area is 119 Å². The lowest BCUT2D eigenvalue weighted by molar-refractivity contribution is 0.0529. The molecule has 0 radical (unpaired) electrons. The highest BCUT2D eigenvalue weighted by atomic mass is 16.6. The van der Waals surface area contributed by atoms with Crippen LogP contribution < -0.4 is 10.9 Å². The summed E-state index contributed by atoms with van der Waals surface area (Å²) in [6, 6.07) is 3.26. The van der Waals surface area contributed by atoms with Crippen molar-refractivity contribution in [2.75, 3.05) is 6.54 Å². The molecule has 0 unspecified atom stereocenters. The van der Waals surface area contributed by atoms with Crippen molar-refractivity contribution in [3.05, 3.63) is 39.8 Å².